The Bertz CT molecular complexity index is 929. The first kappa shape index (κ1) is 22.8. The molecule has 1 saturated heterocycles. The van der Waals surface area contributed by atoms with Crippen molar-refractivity contribution in [2.45, 2.75) is 65.3 Å². The van der Waals surface area contributed by atoms with Gasteiger partial charge in [-0.25, -0.2) is 9.78 Å². The zero-order chi connectivity index (χ0) is 21.8. The van der Waals surface area contributed by atoms with E-state index in [1.165, 1.54) is 23.1 Å². The number of hydrogen-bond acceptors (Lipinski definition) is 7. The van der Waals surface area contributed by atoms with Gasteiger partial charge < -0.3 is 19.4 Å². The number of amides is 1. The van der Waals surface area contributed by atoms with Crippen LogP contribution in [-0.2, 0) is 20.8 Å². The molecule has 30 heavy (non-hydrogen) atoms. The maximum atomic E-state index is 12.6. The number of carbonyl (C=O) groups excluding carboxylic acids is 2. The van der Waals surface area contributed by atoms with E-state index in [4.69, 9.17) is 9.47 Å². The minimum atomic E-state index is -0.402. The lowest BCUT2D eigenvalue weighted by Gasteiger charge is -2.14. The monoisotopic (exact) mass is 451 g/mol. The molecule has 0 spiro atoms. The van der Waals surface area contributed by atoms with Gasteiger partial charge in [0.15, 0.2) is 5.16 Å². The Morgan fingerprint density at radius 3 is 2.77 bits per heavy atom. The summed E-state index contributed by atoms with van der Waals surface area (Å²) in [6.07, 6.45) is 2.34. The zero-order valence-corrected chi connectivity index (χ0v) is 19.8. The van der Waals surface area contributed by atoms with E-state index < -0.39 is 5.97 Å². The molecule has 1 amide bonds. The Morgan fingerprint density at radius 1 is 1.33 bits per heavy atom. The lowest BCUT2D eigenvalue weighted by molar-refractivity contribution is -0.113. The fourth-order valence-corrected chi connectivity index (χ4v) is 5.36. The van der Waals surface area contributed by atoms with Gasteiger partial charge in [0.05, 0.1) is 36.3 Å². The molecule has 2 aromatic rings. The molecular formula is C21H29N3O4S2. The predicted molar refractivity (Wildman–Crippen MR) is 120 cm³/mol. The highest BCUT2D eigenvalue weighted by molar-refractivity contribution is 7.99. The molecule has 3 heterocycles. The number of rotatable bonds is 8. The summed E-state index contributed by atoms with van der Waals surface area (Å²) < 4.78 is 13.1. The van der Waals surface area contributed by atoms with Crippen LogP contribution in [-0.4, -0.2) is 46.5 Å². The van der Waals surface area contributed by atoms with Crippen molar-refractivity contribution in [1.82, 2.24) is 9.55 Å². The lowest BCUT2D eigenvalue weighted by Crippen LogP contribution is -2.19. The smallest absolute Gasteiger partial charge is 0.341 e. The number of thiophene rings is 1. The van der Waals surface area contributed by atoms with Gasteiger partial charge in [0.1, 0.15) is 5.00 Å². The molecule has 0 aromatic carbocycles. The molecule has 1 atom stereocenters. The number of thioether (sulfide) groups is 1. The van der Waals surface area contributed by atoms with Crippen molar-refractivity contribution in [2.24, 2.45) is 0 Å². The summed E-state index contributed by atoms with van der Waals surface area (Å²) in [7, 11) is 0. The van der Waals surface area contributed by atoms with Crippen LogP contribution in [0.3, 0.4) is 0 Å². The molecule has 164 valence electrons. The van der Waals surface area contributed by atoms with E-state index in [1.807, 2.05) is 27.7 Å². The zero-order valence-electron chi connectivity index (χ0n) is 18.2. The van der Waals surface area contributed by atoms with Crippen molar-refractivity contribution in [3.63, 3.8) is 0 Å². The Kier molecular flexibility index (Phi) is 7.60. The largest absolute Gasteiger partial charge is 0.462 e. The van der Waals surface area contributed by atoms with Gasteiger partial charge in [0.25, 0.3) is 0 Å². The summed E-state index contributed by atoms with van der Waals surface area (Å²) in [6, 6.07) is 0. The highest BCUT2D eigenvalue weighted by Gasteiger charge is 2.23. The fourth-order valence-electron chi connectivity index (χ4n) is 3.40. The quantitative estimate of drug-likeness (QED) is 0.477. The molecule has 0 aliphatic carbocycles. The van der Waals surface area contributed by atoms with E-state index in [-0.39, 0.29) is 17.8 Å². The summed E-state index contributed by atoms with van der Waals surface area (Å²) in [5.41, 5.74) is 3.36. The highest BCUT2D eigenvalue weighted by Crippen LogP contribution is 2.33. The van der Waals surface area contributed by atoms with Crippen LogP contribution in [0.1, 0.15) is 52.0 Å². The first-order chi connectivity index (χ1) is 14.3. The minimum Gasteiger partial charge on any atom is -0.462 e. The van der Waals surface area contributed by atoms with Crippen molar-refractivity contribution in [2.75, 3.05) is 24.3 Å². The number of aromatic nitrogens is 2. The van der Waals surface area contributed by atoms with Gasteiger partial charge in [0, 0.05) is 17.2 Å². The third-order valence-electron chi connectivity index (χ3n) is 5.28. The Hall–Kier alpha value is -1.84. The van der Waals surface area contributed by atoms with Gasteiger partial charge in [0.2, 0.25) is 5.91 Å². The lowest BCUT2D eigenvalue weighted by atomic mass is 10.1. The second-order valence-corrected chi connectivity index (χ2v) is 9.52. The molecular weight excluding hydrogens is 422 g/mol. The van der Waals surface area contributed by atoms with Crippen LogP contribution in [0.15, 0.2) is 5.16 Å². The summed E-state index contributed by atoms with van der Waals surface area (Å²) in [4.78, 5) is 30.6. The normalized spacial score (nSPS) is 16.1. The average molecular weight is 452 g/mol. The number of esters is 1. The predicted octanol–water partition coefficient (Wildman–Crippen LogP) is 4.26. The molecule has 1 N–H and O–H groups in total. The molecule has 7 nitrogen and oxygen atoms in total. The van der Waals surface area contributed by atoms with Crippen molar-refractivity contribution >= 4 is 40.0 Å². The fraction of sp³-hybridized carbons (Fsp3) is 0.571. The van der Waals surface area contributed by atoms with E-state index >= 15 is 0 Å². The molecule has 1 fully saturated rings. The maximum absolute atomic E-state index is 12.6. The van der Waals surface area contributed by atoms with Crippen LogP contribution in [0.25, 0.3) is 0 Å². The maximum Gasteiger partial charge on any atom is 0.341 e. The number of hydrogen-bond donors (Lipinski definition) is 1. The Balaban J connectivity index is 1.68. The standard InChI is InChI=1S/C21H29N3O4S2/c1-6-27-20(26)18-12(2)15(5)30-19(18)23-17(25)11-29-21-22-13(3)14(4)24(21)10-16-8-7-9-28-16/h16H,6-11H2,1-5H3,(H,23,25). The van der Waals surface area contributed by atoms with Gasteiger partial charge in [-0.2, -0.15) is 0 Å². The number of nitrogens with zero attached hydrogens (tertiary/aromatic N) is 2. The molecule has 0 bridgehead atoms. The number of carbonyl (C=O) groups is 2. The molecule has 1 unspecified atom stereocenters. The summed E-state index contributed by atoms with van der Waals surface area (Å²) in [6.45, 7) is 11.5. The van der Waals surface area contributed by atoms with Crippen LogP contribution in [0, 0.1) is 27.7 Å². The Morgan fingerprint density at radius 2 is 2.10 bits per heavy atom. The number of nitrogens with one attached hydrogen (secondary N) is 1. The molecule has 0 saturated carbocycles. The van der Waals surface area contributed by atoms with Crippen molar-refractivity contribution < 1.29 is 19.1 Å². The van der Waals surface area contributed by atoms with Gasteiger partial charge in [-0.3, -0.25) is 4.79 Å². The van der Waals surface area contributed by atoms with E-state index in [1.54, 1.807) is 6.92 Å². The highest BCUT2D eigenvalue weighted by atomic mass is 32.2. The molecule has 2 aromatic heterocycles. The van der Waals surface area contributed by atoms with Crippen LogP contribution in [0.5, 0.6) is 0 Å². The van der Waals surface area contributed by atoms with Gasteiger partial charge in [-0.1, -0.05) is 11.8 Å². The van der Waals surface area contributed by atoms with Gasteiger partial charge >= 0.3 is 5.97 Å². The summed E-state index contributed by atoms with van der Waals surface area (Å²) >= 11 is 2.80. The third kappa shape index (κ3) is 5.07. The second kappa shape index (κ2) is 9.98. The topological polar surface area (TPSA) is 82.5 Å². The minimum absolute atomic E-state index is 0.172. The molecule has 1 aliphatic rings. The molecule has 9 heteroatoms. The van der Waals surface area contributed by atoms with Crippen molar-refractivity contribution in [3.8, 4) is 0 Å². The van der Waals surface area contributed by atoms with Crippen LogP contribution in [0.4, 0.5) is 5.00 Å². The summed E-state index contributed by atoms with van der Waals surface area (Å²) in [5.74, 6) is -0.367. The third-order valence-corrected chi connectivity index (χ3v) is 7.38. The van der Waals surface area contributed by atoms with Crippen molar-refractivity contribution in [1.29, 1.82) is 0 Å². The van der Waals surface area contributed by atoms with E-state index in [2.05, 4.69) is 14.9 Å². The van der Waals surface area contributed by atoms with Gasteiger partial charge in [-0.05, 0) is 53.0 Å². The molecule has 0 radical (unpaired) electrons. The van der Waals surface area contributed by atoms with Crippen molar-refractivity contribution in [3.05, 3.63) is 27.4 Å². The SMILES string of the molecule is CCOC(=O)c1c(NC(=O)CSc2nc(C)c(C)n2CC2CCCO2)sc(C)c1C. The summed E-state index contributed by atoms with van der Waals surface area (Å²) in [5, 5.41) is 4.26. The number of imidazole rings is 1. The van der Waals surface area contributed by atoms with E-state index in [9.17, 15) is 9.59 Å². The number of aryl methyl sites for hydroxylation is 2. The Labute approximate surface area is 185 Å². The number of ether oxygens (including phenoxy) is 2. The van der Waals surface area contributed by atoms with Gasteiger partial charge in [-0.15, -0.1) is 11.3 Å². The molecule has 3 rings (SSSR count). The first-order valence-electron chi connectivity index (χ1n) is 10.2. The van der Waals surface area contributed by atoms with Crippen LogP contribution >= 0.6 is 23.1 Å². The van der Waals surface area contributed by atoms with E-state index in [0.717, 1.165) is 53.0 Å². The second-order valence-electron chi connectivity index (χ2n) is 7.36. The average Bonchev–Trinajstić information content (AvgIpc) is 3.37. The first-order valence-corrected chi connectivity index (χ1v) is 12.0. The van der Waals surface area contributed by atoms with Crippen LogP contribution < -0.4 is 5.32 Å². The van der Waals surface area contributed by atoms with E-state index in [0.29, 0.717) is 17.2 Å². The van der Waals surface area contributed by atoms with Crippen LogP contribution in [0.2, 0.25) is 0 Å². The molecule has 1 aliphatic heterocycles. The number of anilines is 1.